The number of nitrogens with one attached hydrogen (secondary N) is 1. The maximum atomic E-state index is 11.5. The minimum Gasteiger partial charge on any atom is -0.481 e. The molecular formula is C12H21NO7S. The van der Waals surface area contributed by atoms with Gasteiger partial charge in [0.1, 0.15) is 11.4 Å². The standard InChI is InChI=1S/C12H21NO7S/c1-12(2,3)20-11(17)13-7-9(14)8-21(18,19)6-4-5-10(15)16/h4-8H2,1-3H3,(H,13,17)(H,15,16). The van der Waals surface area contributed by atoms with Crippen LogP contribution in [0, 0.1) is 0 Å². The summed E-state index contributed by atoms with van der Waals surface area (Å²) in [5.74, 6) is -2.89. The Kier molecular flexibility index (Phi) is 7.34. The van der Waals surface area contributed by atoms with Crippen molar-refractivity contribution >= 4 is 27.7 Å². The molecule has 0 radical (unpaired) electrons. The summed E-state index contributed by atoms with van der Waals surface area (Å²) >= 11 is 0. The normalized spacial score (nSPS) is 11.8. The van der Waals surface area contributed by atoms with Crippen molar-refractivity contribution in [3.05, 3.63) is 0 Å². The Morgan fingerprint density at radius 3 is 2.24 bits per heavy atom. The van der Waals surface area contributed by atoms with Gasteiger partial charge in [-0.2, -0.15) is 0 Å². The Morgan fingerprint density at radius 2 is 1.76 bits per heavy atom. The number of ketones is 1. The van der Waals surface area contributed by atoms with Crippen LogP contribution in [0.25, 0.3) is 0 Å². The van der Waals surface area contributed by atoms with E-state index in [1.807, 2.05) is 0 Å². The molecule has 0 fully saturated rings. The van der Waals surface area contributed by atoms with E-state index in [2.05, 4.69) is 5.32 Å². The fraction of sp³-hybridized carbons (Fsp3) is 0.750. The van der Waals surface area contributed by atoms with E-state index in [4.69, 9.17) is 9.84 Å². The van der Waals surface area contributed by atoms with Gasteiger partial charge in [-0.05, 0) is 27.2 Å². The third-order valence-electron chi connectivity index (χ3n) is 2.06. The van der Waals surface area contributed by atoms with E-state index in [0.29, 0.717) is 0 Å². The number of carboxylic acid groups (broad SMARTS) is 1. The highest BCUT2D eigenvalue weighted by Gasteiger charge is 2.20. The average molecular weight is 323 g/mol. The van der Waals surface area contributed by atoms with Crippen LogP contribution in [0.15, 0.2) is 0 Å². The van der Waals surface area contributed by atoms with E-state index in [9.17, 15) is 22.8 Å². The molecule has 0 aromatic rings. The predicted molar refractivity (Wildman–Crippen MR) is 74.8 cm³/mol. The number of hydrogen-bond donors (Lipinski definition) is 2. The van der Waals surface area contributed by atoms with Crippen LogP contribution < -0.4 is 5.32 Å². The van der Waals surface area contributed by atoms with Gasteiger partial charge in [-0.1, -0.05) is 0 Å². The van der Waals surface area contributed by atoms with Crippen LogP contribution in [0.3, 0.4) is 0 Å². The zero-order valence-corrected chi connectivity index (χ0v) is 13.2. The minimum absolute atomic E-state index is 0.0511. The van der Waals surface area contributed by atoms with Gasteiger partial charge in [0.2, 0.25) is 0 Å². The van der Waals surface area contributed by atoms with Crippen molar-refractivity contribution in [3.63, 3.8) is 0 Å². The Balaban J connectivity index is 4.13. The van der Waals surface area contributed by atoms with Gasteiger partial charge in [-0.25, -0.2) is 13.2 Å². The Labute approximate surface area is 123 Å². The first-order chi connectivity index (χ1) is 9.41. The van der Waals surface area contributed by atoms with Crippen molar-refractivity contribution in [2.45, 2.75) is 39.2 Å². The van der Waals surface area contributed by atoms with Crippen molar-refractivity contribution in [2.24, 2.45) is 0 Å². The fourth-order valence-corrected chi connectivity index (χ4v) is 2.62. The SMILES string of the molecule is CC(C)(C)OC(=O)NCC(=O)CS(=O)(=O)CCCC(=O)O. The lowest BCUT2D eigenvalue weighted by Crippen LogP contribution is -2.37. The molecule has 0 bridgehead atoms. The molecule has 0 rings (SSSR count). The van der Waals surface area contributed by atoms with Crippen molar-refractivity contribution in [3.8, 4) is 0 Å². The van der Waals surface area contributed by atoms with Gasteiger partial charge < -0.3 is 15.2 Å². The van der Waals surface area contributed by atoms with Crippen molar-refractivity contribution in [2.75, 3.05) is 18.1 Å². The van der Waals surface area contributed by atoms with E-state index in [0.717, 1.165) is 0 Å². The summed E-state index contributed by atoms with van der Waals surface area (Å²) < 4.78 is 28.0. The van der Waals surface area contributed by atoms with Crippen LogP contribution in [-0.2, 0) is 24.2 Å². The van der Waals surface area contributed by atoms with Crippen LogP contribution in [0.2, 0.25) is 0 Å². The van der Waals surface area contributed by atoms with Crippen LogP contribution in [0.1, 0.15) is 33.6 Å². The van der Waals surface area contributed by atoms with E-state index < -0.39 is 45.6 Å². The van der Waals surface area contributed by atoms with E-state index >= 15 is 0 Å². The summed E-state index contributed by atoms with van der Waals surface area (Å²) in [6.45, 7) is 4.51. The molecule has 0 spiro atoms. The molecule has 0 aliphatic carbocycles. The number of amides is 1. The number of carboxylic acids is 1. The molecule has 0 saturated heterocycles. The lowest BCUT2D eigenvalue weighted by atomic mass is 10.2. The second-order valence-corrected chi connectivity index (χ2v) is 7.67. The maximum Gasteiger partial charge on any atom is 0.408 e. The molecule has 0 unspecified atom stereocenters. The average Bonchev–Trinajstić information content (AvgIpc) is 2.22. The van der Waals surface area contributed by atoms with Gasteiger partial charge in [0, 0.05) is 6.42 Å². The molecular weight excluding hydrogens is 302 g/mol. The molecule has 122 valence electrons. The summed E-state index contributed by atoms with van der Waals surface area (Å²) in [7, 11) is -3.66. The molecule has 0 saturated carbocycles. The van der Waals surface area contributed by atoms with E-state index in [1.54, 1.807) is 20.8 Å². The highest BCUT2D eigenvalue weighted by molar-refractivity contribution is 7.92. The van der Waals surface area contributed by atoms with E-state index in [1.165, 1.54) is 0 Å². The summed E-state index contributed by atoms with van der Waals surface area (Å²) in [5.41, 5.74) is -0.712. The third-order valence-corrected chi connectivity index (χ3v) is 3.73. The van der Waals surface area contributed by atoms with E-state index in [-0.39, 0.29) is 18.6 Å². The Morgan fingerprint density at radius 1 is 1.19 bits per heavy atom. The van der Waals surface area contributed by atoms with Crippen LogP contribution >= 0.6 is 0 Å². The molecule has 0 aliphatic heterocycles. The molecule has 8 nitrogen and oxygen atoms in total. The van der Waals surface area contributed by atoms with Crippen molar-refractivity contribution in [1.29, 1.82) is 0 Å². The number of alkyl carbamates (subject to hydrolysis) is 1. The molecule has 1 amide bonds. The number of Topliss-reactive ketones (excluding diaryl/α,β-unsaturated/α-hetero) is 1. The lowest BCUT2D eigenvalue weighted by Gasteiger charge is -2.19. The maximum absolute atomic E-state index is 11.5. The number of hydrogen-bond acceptors (Lipinski definition) is 6. The van der Waals surface area contributed by atoms with Gasteiger partial charge in [-0.15, -0.1) is 0 Å². The number of sulfone groups is 1. The van der Waals surface area contributed by atoms with Gasteiger partial charge in [0.05, 0.1) is 12.3 Å². The van der Waals surface area contributed by atoms with Crippen molar-refractivity contribution < 1.29 is 32.6 Å². The van der Waals surface area contributed by atoms with Gasteiger partial charge in [0.15, 0.2) is 15.6 Å². The number of aliphatic carboxylic acids is 1. The predicted octanol–water partition coefficient (Wildman–Crippen LogP) is 0.360. The monoisotopic (exact) mass is 323 g/mol. The summed E-state index contributed by atoms with van der Waals surface area (Å²) in [6.07, 6.45) is -1.13. The first-order valence-electron chi connectivity index (χ1n) is 6.32. The molecule has 0 aromatic heterocycles. The molecule has 2 N–H and O–H groups in total. The number of rotatable bonds is 8. The molecule has 0 aromatic carbocycles. The van der Waals surface area contributed by atoms with Gasteiger partial charge in [0.25, 0.3) is 0 Å². The minimum atomic E-state index is -3.66. The van der Waals surface area contributed by atoms with Gasteiger partial charge >= 0.3 is 12.1 Å². The lowest BCUT2D eigenvalue weighted by molar-refractivity contribution is -0.137. The Bertz CT molecular complexity index is 490. The van der Waals surface area contributed by atoms with Crippen LogP contribution in [0.4, 0.5) is 4.79 Å². The largest absolute Gasteiger partial charge is 0.481 e. The molecule has 0 atom stereocenters. The highest BCUT2D eigenvalue weighted by Crippen LogP contribution is 2.06. The molecule has 21 heavy (non-hydrogen) atoms. The van der Waals surface area contributed by atoms with Crippen LogP contribution in [0.5, 0.6) is 0 Å². The quantitative estimate of drug-likeness (QED) is 0.660. The topological polar surface area (TPSA) is 127 Å². The number of carbonyl (C=O) groups is 3. The fourth-order valence-electron chi connectivity index (χ4n) is 1.30. The zero-order valence-electron chi connectivity index (χ0n) is 12.3. The number of carbonyl (C=O) groups excluding carboxylic acids is 2. The summed E-state index contributed by atoms with van der Waals surface area (Å²) in [4.78, 5) is 33.0. The second-order valence-electron chi connectivity index (χ2n) is 5.48. The smallest absolute Gasteiger partial charge is 0.408 e. The highest BCUT2D eigenvalue weighted by atomic mass is 32.2. The van der Waals surface area contributed by atoms with Crippen molar-refractivity contribution in [1.82, 2.24) is 5.32 Å². The Hall–Kier alpha value is -1.64. The first-order valence-corrected chi connectivity index (χ1v) is 8.14. The molecule has 0 heterocycles. The summed E-state index contributed by atoms with van der Waals surface area (Å²) in [5, 5.41) is 10.6. The second kappa shape index (κ2) is 7.96. The number of ether oxygens (including phenoxy) is 1. The van der Waals surface area contributed by atoms with Crippen LogP contribution in [-0.4, -0.2) is 55.0 Å². The summed E-state index contributed by atoms with van der Waals surface area (Å²) in [6, 6.07) is 0. The zero-order chi connectivity index (χ0) is 16.7. The molecule has 0 aliphatic rings. The van der Waals surface area contributed by atoms with Gasteiger partial charge in [-0.3, -0.25) is 9.59 Å². The third kappa shape index (κ3) is 11.9. The first kappa shape index (κ1) is 19.4. The molecule has 9 heteroatoms.